The highest BCUT2D eigenvalue weighted by Crippen LogP contribution is 2.21. The van der Waals surface area contributed by atoms with Crippen molar-refractivity contribution in [3.8, 4) is 0 Å². The molecule has 0 bridgehead atoms. The average molecular weight is 402 g/mol. The molecule has 4 N–H and O–H groups in total. The lowest BCUT2D eigenvalue weighted by molar-refractivity contribution is 0.155. The van der Waals surface area contributed by atoms with Crippen LogP contribution in [0.3, 0.4) is 0 Å². The van der Waals surface area contributed by atoms with Gasteiger partial charge in [0.1, 0.15) is 0 Å². The lowest BCUT2D eigenvalue weighted by Crippen LogP contribution is -2.26. The number of anilines is 1. The maximum atomic E-state index is 11.0. The third-order valence-electron chi connectivity index (χ3n) is 4.53. The first kappa shape index (κ1) is 25.9. The number of nitrogens with two attached hydrogens (primary N) is 1. The predicted octanol–water partition coefficient (Wildman–Crippen LogP) is 4.04. The van der Waals surface area contributed by atoms with Crippen LogP contribution in [0.15, 0.2) is 24.3 Å². The first-order valence-electron chi connectivity index (χ1n) is 9.66. The summed E-state index contributed by atoms with van der Waals surface area (Å²) in [7, 11) is -3.77. The molecule has 0 amide bonds. The Morgan fingerprint density at radius 1 is 1.04 bits per heavy atom. The van der Waals surface area contributed by atoms with E-state index in [4.69, 9.17) is 5.14 Å². The molecule has 0 aliphatic carbocycles. The zero-order valence-corrected chi connectivity index (χ0v) is 17.0. The fourth-order valence-corrected chi connectivity index (χ4v) is 3.44. The molecule has 1 aromatic rings. The Balaban J connectivity index is 0.00000676. The number of aliphatic hydroxyl groups is 1. The maximum absolute atomic E-state index is 11.0. The molecular weight excluding hydrogens is 362 g/mol. The molecular formula is C20H39N3O3S. The van der Waals surface area contributed by atoms with Crippen molar-refractivity contribution in [2.75, 3.05) is 24.4 Å². The summed E-state index contributed by atoms with van der Waals surface area (Å²) in [5, 5.41) is 15.3. The Morgan fingerprint density at radius 2 is 1.63 bits per heavy atom. The van der Waals surface area contributed by atoms with E-state index in [1.165, 1.54) is 32.1 Å². The summed E-state index contributed by atoms with van der Waals surface area (Å²) in [6, 6.07) is 6.67. The molecule has 6 nitrogen and oxygen atoms in total. The lowest BCUT2D eigenvalue weighted by atomic mass is 10.0. The number of unbranched alkanes of at least 4 members (excludes halogenated alkanes) is 4. The van der Waals surface area contributed by atoms with Crippen LogP contribution in [0.25, 0.3) is 0 Å². The number of nitrogens with one attached hydrogen (secondary N) is 1. The molecule has 7 heteroatoms. The van der Waals surface area contributed by atoms with Crippen LogP contribution >= 0.6 is 0 Å². The fraction of sp³-hybridized carbons (Fsp3) is 0.700. The molecule has 0 spiro atoms. The molecule has 0 saturated heterocycles. The van der Waals surface area contributed by atoms with Gasteiger partial charge >= 0.3 is 0 Å². The van der Waals surface area contributed by atoms with Crippen LogP contribution in [0.5, 0.6) is 0 Å². The Labute approximate surface area is 166 Å². The van der Waals surface area contributed by atoms with Gasteiger partial charge in [-0.2, -0.15) is 8.42 Å². The largest absolute Gasteiger partial charge is 0.388 e. The highest BCUT2D eigenvalue weighted by atomic mass is 32.2. The van der Waals surface area contributed by atoms with E-state index in [1.54, 1.807) is 24.3 Å². The highest BCUT2D eigenvalue weighted by Gasteiger charge is 2.10. The summed E-state index contributed by atoms with van der Waals surface area (Å²) >= 11 is 0. The minimum Gasteiger partial charge on any atom is -0.388 e. The van der Waals surface area contributed by atoms with E-state index in [-0.39, 0.29) is 7.43 Å². The molecule has 1 atom stereocenters. The van der Waals surface area contributed by atoms with Gasteiger partial charge in [0.15, 0.2) is 0 Å². The minimum absolute atomic E-state index is 0. The molecule has 0 aliphatic heterocycles. The normalized spacial score (nSPS) is 12.6. The van der Waals surface area contributed by atoms with Crippen molar-refractivity contribution in [3.63, 3.8) is 0 Å². The SMILES string of the molecule is C.CCCCCCCN(CC)CCCC(O)c1ccc(NS(N)(=O)=O)cc1. The molecule has 0 aromatic heterocycles. The molecule has 0 saturated carbocycles. The lowest BCUT2D eigenvalue weighted by Gasteiger charge is -2.21. The monoisotopic (exact) mass is 401 g/mol. The van der Waals surface area contributed by atoms with Crippen molar-refractivity contribution in [2.24, 2.45) is 5.14 Å². The first-order chi connectivity index (χ1) is 12.4. The van der Waals surface area contributed by atoms with Gasteiger partial charge in [0.05, 0.1) is 6.10 Å². The van der Waals surface area contributed by atoms with E-state index in [2.05, 4.69) is 23.5 Å². The van der Waals surface area contributed by atoms with Crippen molar-refractivity contribution >= 4 is 15.9 Å². The summed E-state index contributed by atoms with van der Waals surface area (Å²) in [4.78, 5) is 2.44. The molecule has 1 unspecified atom stereocenters. The van der Waals surface area contributed by atoms with Crippen LogP contribution in [0.2, 0.25) is 0 Å². The number of hydrogen-bond acceptors (Lipinski definition) is 4. The van der Waals surface area contributed by atoms with E-state index in [0.717, 1.165) is 31.6 Å². The third-order valence-corrected chi connectivity index (χ3v) is 5.05. The maximum Gasteiger partial charge on any atom is 0.296 e. The molecule has 0 fully saturated rings. The first-order valence-corrected chi connectivity index (χ1v) is 11.2. The van der Waals surface area contributed by atoms with E-state index in [0.29, 0.717) is 12.1 Å². The third kappa shape index (κ3) is 12.0. The Bertz CT molecular complexity index is 591. The number of benzene rings is 1. The molecule has 0 heterocycles. The quantitative estimate of drug-likeness (QED) is 0.410. The molecule has 27 heavy (non-hydrogen) atoms. The van der Waals surface area contributed by atoms with Crippen LogP contribution in [0.4, 0.5) is 5.69 Å². The van der Waals surface area contributed by atoms with Gasteiger partial charge in [0.2, 0.25) is 0 Å². The average Bonchev–Trinajstić information content (AvgIpc) is 2.59. The number of rotatable bonds is 14. The van der Waals surface area contributed by atoms with E-state index in [9.17, 15) is 13.5 Å². The molecule has 158 valence electrons. The summed E-state index contributed by atoms with van der Waals surface area (Å²) in [6.07, 6.45) is 7.54. The zero-order chi connectivity index (χ0) is 19.4. The van der Waals surface area contributed by atoms with Gasteiger partial charge in [0, 0.05) is 5.69 Å². The molecule has 1 aromatic carbocycles. The Hall–Kier alpha value is -1.15. The summed E-state index contributed by atoms with van der Waals surface area (Å²) in [5.74, 6) is 0. The van der Waals surface area contributed by atoms with Crippen LogP contribution in [0, 0.1) is 0 Å². The summed E-state index contributed by atoms with van der Waals surface area (Å²) in [5.41, 5.74) is 1.18. The fourth-order valence-electron chi connectivity index (χ4n) is 2.98. The second kappa shape index (κ2) is 13.9. The second-order valence-corrected chi connectivity index (χ2v) is 8.07. The summed E-state index contributed by atoms with van der Waals surface area (Å²) in [6.45, 7) is 7.57. The van der Waals surface area contributed by atoms with E-state index >= 15 is 0 Å². The molecule has 1 rings (SSSR count). The number of nitrogens with zero attached hydrogens (tertiary/aromatic N) is 1. The van der Waals surface area contributed by atoms with Crippen LogP contribution in [-0.4, -0.2) is 38.1 Å². The Morgan fingerprint density at radius 3 is 2.19 bits per heavy atom. The number of aliphatic hydroxyl groups excluding tert-OH is 1. The predicted molar refractivity (Wildman–Crippen MR) is 115 cm³/mol. The zero-order valence-electron chi connectivity index (χ0n) is 16.2. The summed E-state index contributed by atoms with van der Waals surface area (Å²) < 4.78 is 24.2. The van der Waals surface area contributed by atoms with E-state index < -0.39 is 16.3 Å². The van der Waals surface area contributed by atoms with Crippen molar-refractivity contribution < 1.29 is 13.5 Å². The van der Waals surface area contributed by atoms with Crippen molar-refractivity contribution in [1.82, 2.24) is 4.90 Å². The highest BCUT2D eigenvalue weighted by molar-refractivity contribution is 7.90. The molecule has 0 radical (unpaired) electrons. The van der Waals surface area contributed by atoms with Gasteiger partial charge in [-0.1, -0.05) is 59.1 Å². The Kier molecular flexibility index (Phi) is 13.3. The van der Waals surface area contributed by atoms with Crippen molar-refractivity contribution in [1.29, 1.82) is 0 Å². The molecule has 0 aliphatic rings. The van der Waals surface area contributed by atoms with Gasteiger partial charge in [-0.3, -0.25) is 4.72 Å². The second-order valence-electron chi connectivity index (χ2n) is 6.78. The van der Waals surface area contributed by atoms with Gasteiger partial charge in [-0.15, -0.1) is 0 Å². The smallest absolute Gasteiger partial charge is 0.296 e. The van der Waals surface area contributed by atoms with E-state index in [1.807, 2.05) is 0 Å². The minimum atomic E-state index is -3.77. The van der Waals surface area contributed by atoms with Crippen LogP contribution in [0.1, 0.15) is 77.9 Å². The van der Waals surface area contributed by atoms with Gasteiger partial charge in [-0.05, 0) is 56.6 Å². The van der Waals surface area contributed by atoms with Crippen LogP contribution < -0.4 is 9.86 Å². The van der Waals surface area contributed by atoms with Crippen molar-refractivity contribution in [3.05, 3.63) is 29.8 Å². The van der Waals surface area contributed by atoms with Crippen LogP contribution in [-0.2, 0) is 10.2 Å². The topological polar surface area (TPSA) is 95.7 Å². The van der Waals surface area contributed by atoms with Crippen molar-refractivity contribution in [2.45, 2.75) is 72.3 Å². The van der Waals surface area contributed by atoms with Gasteiger partial charge in [0.25, 0.3) is 10.2 Å². The number of hydrogen-bond donors (Lipinski definition) is 3. The van der Waals surface area contributed by atoms with Gasteiger partial charge in [-0.25, -0.2) is 5.14 Å². The van der Waals surface area contributed by atoms with Gasteiger partial charge < -0.3 is 10.0 Å². The standard InChI is InChI=1S/C19H35N3O3S.CH4/c1-3-5-6-7-8-15-22(4-2)16-9-10-19(23)17-11-13-18(14-12-17)21-26(20,24)25;/h11-14,19,21,23H,3-10,15-16H2,1-2H3,(H2,20,24,25);1H4.